The molecule has 0 aliphatic carbocycles. The molecule has 2 aromatic carbocycles. The van der Waals surface area contributed by atoms with Crippen LogP contribution < -0.4 is 9.47 Å². The van der Waals surface area contributed by atoms with Gasteiger partial charge < -0.3 is 9.47 Å². The van der Waals surface area contributed by atoms with E-state index in [4.69, 9.17) is 21.1 Å². The first-order valence-electron chi connectivity index (χ1n) is 8.57. The molecule has 0 amide bonds. The predicted molar refractivity (Wildman–Crippen MR) is 102 cm³/mol. The molecular formula is C21H25ClO3. The molecule has 0 fully saturated rings. The molecule has 0 saturated carbocycles. The predicted octanol–water partition coefficient (Wildman–Crippen LogP) is 5.84. The van der Waals surface area contributed by atoms with E-state index in [0.717, 1.165) is 11.3 Å². The molecule has 3 nitrogen and oxygen atoms in total. The second kappa shape index (κ2) is 8.91. The van der Waals surface area contributed by atoms with E-state index in [2.05, 4.69) is 26.8 Å². The van der Waals surface area contributed by atoms with Gasteiger partial charge in [0.2, 0.25) is 0 Å². The van der Waals surface area contributed by atoms with E-state index in [0.29, 0.717) is 36.1 Å². The van der Waals surface area contributed by atoms with Crippen molar-refractivity contribution in [1.29, 1.82) is 0 Å². The third-order valence-corrected chi connectivity index (χ3v) is 4.44. The zero-order valence-electron chi connectivity index (χ0n) is 15.3. The average Bonchev–Trinajstić information content (AvgIpc) is 2.55. The fraction of sp³-hybridized carbons (Fsp3) is 0.381. The van der Waals surface area contributed by atoms with Crippen LogP contribution in [0.25, 0.3) is 0 Å². The molecule has 2 aromatic rings. The summed E-state index contributed by atoms with van der Waals surface area (Å²) < 4.78 is 11.0. The van der Waals surface area contributed by atoms with Gasteiger partial charge in [-0.25, -0.2) is 0 Å². The van der Waals surface area contributed by atoms with Crippen LogP contribution in [-0.2, 0) is 4.79 Å². The number of ether oxygens (including phenoxy) is 2. The van der Waals surface area contributed by atoms with Gasteiger partial charge in [0.1, 0.15) is 11.5 Å². The second-order valence-corrected chi connectivity index (χ2v) is 6.92. The molecule has 0 N–H and O–H groups in total. The van der Waals surface area contributed by atoms with Crippen molar-refractivity contribution in [1.82, 2.24) is 0 Å². The van der Waals surface area contributed by atoms with Gasteiger partial charge in [0.25, 0.3) is 0 Å². The second-order valence-electron chi connectivity index (χ2n) is 6.51. The van der Waals surface area contributed by atoms with Crippen LogP contribution in [0.5, 0.6) is 11.5 Å². The van der Waals surface area contributed by atoms with Crippen LogP contribution >= 0.6 is 11.6 Å². The Morgan fingerprint density at radius 2 is 1.72 bits per heavy atom. The molecule has 0 heterocycles. The summed E-state index contributed by atoms with van der Waals surface area (Å²) in [5.74, 6) is 1.59. The Kier molecular flexibility index (Phi) is 6.89. The number of rotatable bonds is 7. The number of carbonyl (C=O) groups excluding carboxylic acids is 1. The monoisotopic (exact) mass is 360 g/mol. The van der Waals surface area contributed by atoms with Gasteiger partial charge in [-0.3, -0.25) is 4.79 Å². The number of benzene rings is 2. The molecule has 0 unspecified atom stereocenters. The summed E-state index contributed by atoms with van der Waals surface area (Å²) in [4.78, 5) is 11.9. The van der Waals surface area contributed by atoms with Crippen molar-refractivity contribution in [2.45, 2.75) is 46.5 Å². The van der Waals surface area contributed by atoms with Crippen LogP contribution in [0.4, 0.5) is 0 Å². The van der Waals surface area contributed by atoms with E-state index < -0.39 is 0 Å². The maximum Gasteiger partial charge on any atom is 0.311 e. The number of esters is 1. The van der Waals surface area contributed by atoms with E-state index >= 15 is 0 Å². The smallest absolute Gasteiger partial charge is 0.311 e. The lowest BCUT2D eigenvalue weighted by molar-refractivity contribution is -0.134. The van der Waals surface area contributed by atoms with E-state index in [1.807, 2.05) is 19.1 Å². The molecule has 134 valence electrons. The lowest BCUT2D eigenvalue weighted by Gasteiger charge is -2.12. The van der Waals surface area contributed by atoms with Crippen molar-refractivity contribution >= 4 is 17.6 Å². The fourth-order valence-electron chi connectivity index (χ4n) is 2.66. The van der Waals surface area contributed by atoms with Crippen LogP contribution in [0.15, 0.2) is 36.4 Å². The quantitative estimate of drug-likeness (QED) is 0.353. The third-order valence-electron chi connectivity index (χ3n) is 4.02. The highest BCUT2D eigenvalue weighted by atomic mass is 35.5. The molecule has 0 aromatic heterocycles. The number of carbonyl (C=O) groups is 1. The van der Waals surface area contributed by atoms with Gasteiger partial charge in [-0.1, -0.05) is 31.5 Å². The van der Waals surface area contributed by atoms with Crippen molar-refractivity contribution in [3.05, 3.63) is 58.1 Å². The molecule has 0 atom stereocenters. The van der Waals surface area contributed by atoms with Crippen molar-refractivity contribution in [2.75, 3.05) is 6.61 Å². The first kappa shape index (κ1) is 19.3. The van der Waals surface area contributed by atoms with Crippen molar-refractivity contribution in [3.63, 3.8) is 0 Å². The maximum absolute atomic E-state index is 11.9. The highest BCUT2D eigenvalue weighted by molar-refractivity contribution is 6.31. The largest absolute Gasteiger partial charge is 0.494 e. The molecule has 25 heavy (non-hydrogen) atoms. The number of hydrogen-bond donors (Lipinski definition) is 0. The van der Waals surface area contributed by atoms with Gasteiger partial charge in [-0.05, 0) is 73.2 Å². The minimum Gasteiger partial charge on any atom is -0.494 e. The first-order chi connectivity index (χ1) is 11.9. The van der Waals surface area contributed by atoms with Gasteiger partial charge >= 0.3 is 5.97 Å². The fourth-order valence-corrected chi connectivity index (χ4v) is 2.77. The maximum atomic E-state index is 11.9. The van der Waals surface area contributed by atoms with Gasteiger partial charge in [-0.15, -0.1) is 0 Å². The Morgan fingerprint density at radius 3 is 2.36 bits per heavy atom. The van der Waals surface area contributed by atoms with Crippen LogP contribution in [0.1, 0.15) is 49.3 Å². The minimum atomic E-state index is -0.267. The van der Waals surface area contributed by atoms with E-state index in [1.54, 1.807) is 18.2 Å². The lowest BCUT2D eigenvalue weighted by atomic mass is 9.98. The topological polar surface area (TPSA) is 35.5 Å². The van der Waals surface area contributed by atoms with Crippen LogP contribution in [0, 0.1) is 13.8 Å². The normalized spacial score (nSPS) is 10.8. The van der Waals surface area contributed by atoms with Gasteiger partial charge in [0, 0.05) is 11.4 Å². The Morgan fingerprint density at radius 1 is 1.04 bits per heavy atom. The standard InChI is InChI=1S/C21H25ClO3/c1-14(2)19-9-7-17(12-15(19)3)24-11-5-6-21(23)25-18-8-10-20(22)16(4)13-18/h7-10,12-14H,5-6,11H2,1-4H3. The molecular weight excluding hydrogens is 336 g/mol. The Bertz CT molecular complexity index is 738. The summed E-state index contributed by atoms with van der Waals surface area (Å²) in [7, 11) is 0. The van der Waals surface area contributed by atoms with Crippen molar-refractivity contribution in [3.8, 4) is 11.5 Å². The zero-order chi connectivity index (χ0) is 18.4. The highest BCUT2D eigenvalue weighted by Gasteiger charge is 2.08. The number of halogens is 1. The molecule has 0 radical (unpaired) electrons. The summed E-state index contributed by atoms with van der Waals surface area (Å²) in [6, 6.07) is 11.3. The molecule has 2 rings (SSSR count). The van der Waals surface area contributed by atoms with E-state index in [1.165, 1.54) is 11.1 Å². The summed E-state index contributed by atoms with van der Waals surface area (Å²) >= 11 is 5.96. The van der Waals surface area contributed by atoms with Crippen molar-refractivity contribution < 1.29 is 14.3 Å². The Labute approximate surface area is 154 Å². The SMILES string of the molecule is Cc1cc(OC(=O)CCCOc2ccc(C(C)C)c(C)c2)ccc1Cl. The summed E-state index contributed by atoms with van der Waals surface area (Å²) in [5.41, 5.74) is 3.44. The van der Waals surface area contributed by atoms with Gasteiger partial charge in [-0.2, -0.15) is 0 Å². The Hall–Kier alpha value is -2.00. The van der Waals surface area contributed by atoms with Gasteiger partial charge in [0.05, 0.1) is 6.61 Å². The summed E-state index contributed by atoms with van der Waals surface area (Å²) in [5, 5.41) is 0.659. The molecule has 0 aliphatic heterocycles. The Balaban J connectivity index is 1.76. The molecule has 0 spiro atoms. The van der Waals surface area contributed by atoms with Crippen molar-refractivity contribution in [2.24, 2.45) is 0 Å². The molecule has 0 saturated heterocycles. The lowest BCUT2D eigenvalue weighted by Crippen LogP contribution is -2.10. The third kappa shape index (κ3) is 5.79. The summed E-state index contributed by atoms with van der Waals surface area (Å²) in [6.07, 6.45) is 0.918. The van der Waals surface area contributed by atoms with E-state index in [9.17, 15) is 4.79 Å². The zero-order valence-corrected chi connectivity index (χ0v) is 16.0. The highest BCUT2D eigenvalue weighted by Crippen LogP contribution is 2.24. The minimum absolute atomic E-state index is 0.267. The molecule has 0 bridgehead atoms. The van der Waals surface area contributed by atoms with Crippen LogP contribution in [-0.4, -0.2) is 12.6 Å². The first-order valence-corrected chi connectivity index (χ1v) is 8.95. The summed E-state index contributed by atoms with van der Waals surface area (Å²) in [6.45, 7) is 8.80. The van der Waals surface area contributed by atoms with E-state index in [-0.39, 0.29) is 5.97 Å². The van der Waals surface area contributed by atoms with Crippen LogP contribution in [0.2, 0.25) is 5.02 Å². The molecule has 4 heteroatoms. The number of aryl methyl sites for hydroxylation is 2. The number of hydrogen-bond acceptors (Lipinski definition) is 3. The average molecular weight is 361 g/mol. The molecule has 0 aliphatic rings. The van der Waals surface area contributed by atoms with Gasteiger partial charge in [0.15, 0.2) is 0 Å². The van der Waals surface area contributed by atoms with Crippen LogP contribution in [0.3, 0.4) is 0 Å².